The summed E-state index contributed by atoms with van der Waals surface area (Å²) >= 11 is 0. The highest BCUT2D eigenvalue weighted by atomic mass is 19.1. The van der Waals surface area contributed by atoms with Crippen LogP contribution in [-0.4, -0.2) is 22.2 Å². The minimum absolute atomic E-state index is 0.0464. The van der Waals surface area contributed by atoms with Gasteiger partial charge in [0, 0.05) is 5.56 Å². The van der Waals surface area contributed by atoms with E-state index in [1.54, 1.807) is 0 Å². The SMILES string of the molecule is O=C(O)C1CC1(C(=O)O)c1ccccc1F. The van der Waals surface area contributed by atoms with Crippen molar-refractivity contribution in [2.75, 3.05) is 0 Å². The second kappa shape index (κ2) is 3.30. The molecule has 1 aromatic carbocycles. The van der Waals surface area contributed by atoms with Crippen LogP contribution in [0, 0.1) is 11.7 Å². The Labute approximate surface area is 90.3 Å². The lowest BCUT2D eigenvalue weighted by Crippen LogP contribution is -2.26. The quantitative estimate of drug-likeness (QED) is 0.810. The molecular weight excluding hydrogens is 215 g/mol. The Kier molecular flexibility index (Phi) is 2.18. The summed E-state index contributed by atoms with van der Waals surface area (Å²) in [6, 6.07) is 5.40. The molecule has 84 valence electrons. The first kappa shape index (κ1) is 10.6. The molecule has 2 atom stereocenters. The van der Waals surface area contributed by atoms with Gasteiger partial charge >= 0.3 is 11.9 Å². The number of carboxylic acids is 2. The zero-order valence-corrected chi connectivity index (χ0v) is 8.18. The van der Waals surface area contributed by atoms with Gasteiger partial charge in [-0.05, 0) is 12.5 Å². The fourth-order valence-electron chi connectivity index (χ4n) is 2.03. The molecule has 5 heteroatoms. The van der Waals surface area contributed by atoms with Gasteiger partial charge in [-0.25, -0.2) is 4.39 Å². The first-order chi connectivity index (χ1) is 7.50. The Bertz CT molecular complexity index is 471. The van der Waals surface area contributed by atoms with Crippen molar-refractivity contribution in [3.63, 3.8) is 0 Å². The lowest BCUT2D eigenvalue weighted by molar-refractivity contribution is -0.146. The third-order valence-corrected chi connectivity index (χ3v) is 3.00. The maximum atomic E-state index is 13.5. The van der Waals surface area contributed by atoms with Gasteiger partial charge < -0.3 is 10.2 Å². The van der Waals surface area contributed by atoms with E-state index in [0.29, 0.717) is 0 Å². The summed E-state index contributed by atoms with van der Waals surface area (Å²) in [5.74, 6) is -4.20. The van der Waals surface area contributed by atoms with Gasteiger partial charge in [-0.2, -0.15) is 0 Å². The van der Waals surface area contributed by atoms with E-state index >= 15 is 0 Å². The van der Waals surface area contributed by atoms with E-state index in [4.69, 9.17) is 10.2 Å². The topological polar surface area (TPSA) is 74.6 Å². The van der Waals surface area contributed by atoms with Crippen LogP contribution in [0.15, 0.2) is 24.3 Å². The molecule has 0 bridgehead atoms. The van der Waals surface area contributed by atoms with E-state index in [-0.39, 0.29) is 12.0 Å². The predicted octanol–water partition coefficient (Wildman–Crippen LogP) is 1.25. The maximum absolute atomic E-state index is 13.5. The average molecular weight is 224 g/mol. The molecule has 0 saturated heterocycles. The maximum Gasteiger partial charge on any atom is 0.315 e. The lowest BCUT2D eigenvalue weighted by atomic mass is 9.93. The Hall–Kier alpha value is -1.91. The van der Waals surface area contributed by atoms with E-state index in [1.807, 2.05) is 0 Å². The van der Waals surface area contributed by atoms with Crippen LogP contribution >= 0.6 is 0 Å². The monoisotopic (exact) mass is 224 g/mol. The highest BCUT2D eigenvalue weighted by Crippen LogP contribution is 2.55. The molecule has 16 heavy (non-hydrogen) atoms. The number of hydrogen-bond acceptors (Lipinski definition) is 2. The second-order valence-electron chi connectivity index (χ2n) is 3.85. The van der Waals surface area contributed by atoms with E-state index in [1.165, 1.54) is 18.2 Å². The highest BCUT2D eigenvalue weighted by molar-refractivity contribution is 5.94. The molecule has 0 radical (unpaired) electrons. The summed E-state index contributed by atoms with van der Waals surface area (Å²) in [5, 5.41) is 17.9. The Balaban J connectivity index is 2.49. The van der Waals surface area contributed by atoms with Gasteiger partial charge in [-0.3, -0.25) is 9.59 Å². The standard InChI is InChI=1S/C11H9FO4/c12-8-4-2-1-3-6(8)11(10(15)16)5-7(11)9(13)14/h1-4,7H,5H2,(H,13,14)(H,15,16). The van der Waals surface area contributed by atoms with Crippen molar-refractivity contribution in [2.24, 2.45) is 5.92 Å². The molecular formula is C11H9FO4. The van der Waals surface area contributed by atoms with Crippen LogP contribution in [0.2, 0.25) is 0 Å². The third kappa shape index (κ3) is 1.28. The van der Waals surface area contributed by atoms with Crippen LogP contribution in [-0.2, 0) is 15.0 Å². The Morgan fingerprint density at radius 1 is 1.31 bits per heavy atom. The van der Waals surface area contributed by atoms with Crippen molar-refractivity contribution in [3.05, 3.63) is 35.6 Å². The van der Waals surface area contributed by atoms with E-state index in [2.05, 4.69) is 0 Å². The molecule has 2 rings (SSSR count). The summed E-state index contributed by atoms with van der Waals surface area (Å²) in [4.78, 5) is 21.9. The van der Waals surface area contributed by atoms with Crippen molar-refractivity contribution in [1.29, 1.82) is 0 Å². The van der Waals surface area contributed by atoms with Gasteiger partial charge in [0.05, 0.1) is 5.92 Å². The summed E-state index contributed by atoms with van der Waals surface area (Å²) < 4.78 is 13.5. The van der Waals surface area contributed by atoms with Gasteiger partial charge in [0.2, 0.25) is 0 Å². The number of hydrogen-bond donors (Lipinski definition) is 2. The Morgan fingerprint density at radius 3 is 2.38 bits per heavy atom. The highest BCUT2D eigenvalue weighted by Gasteiger charge is 2.66. The minimum atomic E-state index is -1.59. The summed E-state index contributed by atoms with van der Waals surface area (Å²) in [5.41, 5.74) is -1.63. The zero-order valence-electron chi connectivity index (χ0n) is 8.18. The zero-order chi connectivity index (χ0) is 11.9. The molecule has 2 N–H and O–H groups in total. The van der Waals surface area contributed by atoms with Gasteiger partial charge in [0.25, 0.3) is 0 Å². The molecule has 1 aliphatic rings. The number of aliphatic carboxylic acids is 2. The molecule has 4 nitrogen and oxygen atoms in total. The predicted molar refractivity (Wildman–Crippen MR) is 51.5 cm³/mol. The molecule has 0 spiro atoms. The van der Waals surface area contributed by atoms with Gasteiger partial charge in [-0.1, -0.05) is 18.2 Å². The van der Waals surface area contributed by atoms with Crippen molar-refractivity contribution < 1.29 is 24.2 Å². The smallest absolute Gasteiger partial charge is 0.315 e. The lowest BCUT2D eigenvalue weighted by Gasteiger charge is -2.12. The molecule has 0 aliphatic heterocycles. The summed E-state index contributed by atoms with van der Waals surface area (Å²) in [6.45, 7) is 0. The van der Waals surface area contributed by atoms with E-state index in [9.17, 15) is 14.0 Å². The number of benzene rings is 1. The molecule has 0 heterocycles. The molecule has 2 unspecified atom stereocenters. The first-order valence-corrected chi connectivity index (χ1v) is 4.71. The molecule has 0 amide bonds. The molecule has 0 aromatic heterocycles. The van der Waals surface area contributed by atoms with Crippen molar-refractivity contribution in [3.8, 4) is 0 Å². The van der Waals surface area contributed by atoms with Crippen molar-refractivity contribution in [2.45, 2.75) is 11.8 Å². The number of rotatable bonds is 3. The van der Waals surface area contributed by atoms with Gasteiger partial charge in [-0.15, -0.1) is 0 Å². The largest absolute Gasteiger partial charge is 0.481 e. The number of halogens is 1. The van der Waals surface area contributed by atoms with Gasteiger partial charge in [0.15, 0.2) is 0 Å². The second-order valence-corrected chi connectivity index (χ2v) is 3.85. The molecule has 1 aliphatic carbocycles. The first-order valence-electron chi connectivity index (χ1n) is 4.71. The number of carbonyl (C=O) groups is 2. The van der Waals surface area contributed by atoms with Crippen LogP contribution in [0.4, 0.5) is 4.39 Å². The van der Waals surface area contributed by atoms with Gasteiger partial charge in [0.1, 0.15) is 11.2 Å². The fourth-order valence-corrected chi connectivity index (χ4v) is 2.03. The van der Waals surface area contributed by atoms with Crippen LogP contribution in [0.25, 0.3) is 0 Å². The van der Waals surface area contributed by atoms with E-state index in [0.717, 1.165) is 6.07 Å². The van der Waals surface area contributed by atoms with Crippen molar-refractivity contribution in [1.82, 2.24) is 0 Å². The molecule has 1 fully saturated rings. The number of carboxylic acid groups (broad SMARTS) is 2. The summed E-state index contributed by atoms with van der Waals surface area (Å²) in [6.07, 6.45) is -0.0569. The van der Waals surface area contributed by atoms with E-state index < -0.39 is 29.1 Å². The van der Waals surface area contributed by atoms with Crippen LogP contribution in [0.5, 0.6) is 0 Å². The summed E-state index contributed by atoms with van der Waals surface area (Å²) in [7, 11) is 0. The van der Waals surface area contributed by atoms with Crippen LogP contribution in [0.3, 0.4) is 0 Å². The average Bonchev–Trinajstić information content (AvgIpc) is 2.94. The minimum Gasteiger partial charge on any atom is -0.481 e. The van der Waals surface area contributed by atoms with Crippen molar-refractivity contribution >= 4 is 11.9 Å². The fraction of sp³-hybridized carbons (Fsp3) is 0.273. The normalized spacial score (nSPS) is 27.4. The van der Waals surface area contributed by atoms with Crippen LogP contribution < -0.4 is 0 Å². The Morgan fingerprint density at radius 2 is 1.94 bits per heavy atom. The van der Waals surface area contributed by atoms with Crippen LogP contribution in [0.1, 0.15) is 12.0 Å². The molecule has 1 aromatic rings. The molecule has 1 saturated carbocycles. The third-order valence-electron chi connectivity index (χ3n) is 3.00.